The molecule has 2 rings (SSSR count). The molecule has 0 bridgehead atoms. The van der Waals surface area contributed by atoms with E-state index in [0.717, 1.165) is 16.9 Å². The molecular weight excluding hydrogens is 366 g/mol. The van der Waals surface area contributed by atoms with Gasteiger partial charge in [-0.2, -0.15) is 5.26 Å². The number of carbonyl (C=O) groups excluding carboxylic acids is 3. The van der Waals surface area contributed by atoms with Crippen molar-refractivity contribution in [3.05, 3.63) is 51.4 Å². The van der Waals surface area contributed by atoms with Crippen LogP contribution in [-0.2, 0) is 9.53 Å². The van der Waals surface area contributed by atoms with Gasteiger partial charge < -0.3 is 15.8 Å². The number of rotatable bonds is 6. The van der Waals surface area contributed by atoms with E-state index in [4.69, 9.17) is 15.7 Å². The lowest BCUT2D eigenvalue weighted by atomic mass is 9.95. The van der Waals surface area contributed by atoms with Crippen LogP contribution in [0, 0.1) is 18.3 Å². The molecule has 2 aromatic rings. The van der Waals surface area contributed by atoms with Gasteiger partial charge >= 0.3 is 5.97 Å². The molecule has 2 amide bonds. The molecule has 0 fully saturated rings. The number of methoxy groups -OCH3 is 1. The van der Waals surface area contributed by atoms with Crippen LogP contribution in [0.1, 0.15) is 56.0 Å². The van der Waals surface area contributed by atoms with E-state index in [-0.39, 0.29) is 21.3 Å². The van der Waals surface area contributed by atoms with E-state index in [9.17, 15) is 14.4 Å². The van der Waals surface area contributed by atoms with Crippen LogP contribution in [0.5, 0.6) is 0 Å². The summed E-state index contributed by atoms with van der Waals surface area (Å²) >= 11 is 0.945. The van der Waals surface area contributed by atoms with E-state index in [1.807, 2.05) is 13.0 Å². The number of amides is 2. The van der Waals surface area contributed by atoms with E-state index in [0.29, 0.717) is 17.5 Å². The topological polar surface area (TPSA) is 122 Å². The third-order valence-electron chi connectivity index (χ3n) is 4.16. The van der Waals surface area contributed by atoms with Gasteiger partial charge in [-0.3, -0.25) is 9.59 Å². The number of nitriles is 1. The predicted octanol–water partition coefficient (Wildman–Crippen LogP) is 2.95. The van der Waals surface area contributed by atoms with Gasteiger partial charge in [0.25, 0.3) is 5.91 Å². The molecule has 1 heterocycles. The van der Waals surface area contributed by atoms with Crippen molar-refractivity contribution in [3.63, 3.8) is 0 Å². The summed E-state index contributed by atoms with van der Waals surface area (Å²) in [5.74, 6) is -2.15. The minimum absolute atomic E-state index is 0.124. The molecule has 0 spiro atoms. The molecule has 0 saturated carbocycles. The Morgan fingerprint density at radius 1 is 1.30 bits per heavy atom. The predicted molar refractivity (Wildman–Crippen MR) is 102 cm³/mol. The number of thiophene rings is 1. The zero-order chi connectivity index (χ0) is 20.1. The number of nitrogens with two attached hydrogens (primary N) is 1. The number of hydrogen-bond acceptors (Lipinski definition) is 6. The monoisotopic (exact) mass is 385 g/mol. The van der Waals surface area contributed by atoms with Crippen molar-refractivity contribution in [2.75, 3.05) is 12.4 Å². The fourth-order valence-electron chi connectivity index (χ4n) is 2.75. The van der Waals surface area contributed by atoms with Crippen molar-refractivity contribution >= 4 is 34.1 Å². The highest BCUT2D eigenvalue weighted by Crippen LogP contribution is 2.34. The van der Waals surface area contributed by atoms with E-state index in [1.54, 1.807) is 31.2 Å². The van der Waals surface area contributed by atoms with Crippen molar-refractivity contribution in [1.82, 2.24) is 0 Å². The van der Waals surface area contributed by atoms with Gasteiger partial charge in [0, 0.05) is 0 Å². The molecule has 0 aliphatic heterocycles. The molecule has 0 aliphatic rings. The summed E-state index contributed by atoms with van der Waals surface area (Å²) in [4.78, 5) is 36.7. The lowest BCUT2D eigenvalue weighted by Gasteiger charge is -2.15. The maximum Gasteiger partial charge on any atom is 0.341 e. The lowest BCUT2D eigenvalue weighted by Crippen LogP contribution is -2.21. The van der Waals surface area contributed by atoms with E-state index in [2.05, 4.69) is 5.32 Å². The summed E-state index contributed by atoms with van der Waals surface area (Å²) in [5.41, 5.74) is 7.10. The van der Waals surface area contributed by atoms with E-state index in [1.165, 1.54) is 7.11 Å². The van der Waals surface area contributed by atoms with Crippen LogP contribution < -0.4 is 11.1 Å². The highest BCUT2D eigenvalue weighted by Gasteiger charge is 2.27. The van der Waals surface area contributed by atoms with Gasteiger partial charge in [0.1, 0.15) is 5.00 Å². The maximum absolute atomic E-state index is 12.8. The number of primary amides is 1. The van der Waals surface area contributed by atoms with Crippen LogP contribution in [0.2, 0.25) is 0 Å². The Morgan fingerprint density at radius 3 is 2.41 bits per heavy atom. The van der Waals surface area contributed by atoms with Crippen molar-refractivity contribution < 1.29 is 19.1 Å². The summed E-state index contributed by atoms with van der Waals surface area (Å²) in [6.07, 6.45) is 0.512. The summed E-state index contributed by atoms with van der Waals surface area (Å²) < 4.78 is 4.76. The molecule has 1 aromatic heterocycles. The third kappa shape index (κ3) is 4.15. The minimum Gasteiger partial charge on any atom is -0.465 e. The molecule has 140 valence electrons. The summed E-state index contributed by atoms with van der Waals surface area (Å²) in [7, 11) is 1.22. The number of hydrogen-bond donors (Lipinski definition) is 2. The quantitative estimate of drug-likeness (QED) is 0.740. The molecule has 0 radical (unpaired) electrons. The fraction of sp³-hybridized carbons (Fsp3) is 0.263. The average molecular weight is 385 g/mol. The molecule has 7 nitrogen and oxygen atoms in total. The molecule has 0 saturated heterocycles. The Bertz CT molecular complexity index is 926. The number of anilines is 1. The molecule has 27 heavy (non-hydrogen) atoms. The highest BCUT2D eigenvalue weighted by atomic mass is 32.1. The Kier molecular flexibility index (Phi) is 6.32. The molecule has 1 unspecified atom stereocenters. The summed E-state index contributed by atoms with van der Waals surface area (Å²) in [5, 5.41) is 11.9. The SMILES string of the molecule is CCC(C(=O)Nc1sc(C(N)=O)c(C)c1C(=O)OC)c1ccc(C#N)cc1. The van der Waals surface area contributed by atoms with Crippen molar-refractivity contribution in [2.45, 2.75) is 26.2 Å². The minimum atomic E-state index is -0.678. The first-order chi connectivity index (χ1) is 12.8. The van der Waals surface area contributed by atoms with Crippen molar-refractivity contribution in [2.24, 2.45) is 5.73 Å². The first-order valence-electron chi connectivity index (χ1n) is 8.16. The average Bonchev–Trinajstić information content (AvgIpc) is 2.98. The number of nitrogens with zero attached hydrogens (tertiary/aromatic N) is 1. The zero-order valence-corrected chi connectivity index (χ0v) is 16.0. The summed E-state index contributed by atoms with van der Waals surface area (Å²) in [6, 6.07) is 8.77. The van der Waals surface area contributed by atoms with Crippen LogP contribution in [0.25, 0.3) is 0 Å². The first-order valence-corrected chi connectivity index (χ1v) is 8.98. The molecule has 0 aliphatic carbocycles. The van der Waals surface area contributed by atoms with Crippen LogP contribution in [0.4, 0.5) is 5.00 Å². The number of esters is 1. The van der Waals surface area contributed by atoms with E-state index >= 15 is 0 Å². The van der Waals surface area contributed by atoms with E-state index < -0.39 is 17.8 Å². The standard InChI is InChI=1S/C19H19N3O4S/c1-4-13(12-7-5-11(9-20)6-8-12)17(24)22-18-14(19(25)26-3)10(2)15(27-18)16(21)23/h5-8,13H,4H2,1-3H3,(H2,21,23)(H,22,24). The maximum atomic E-state index is 12.8. The normalized spacial score (nSPS) is 11.3. The zero-order valence-electron chi connectivity index (χ0n) is 15.2. The van der Waals surface area contributed by atoms with Crippen LogP contribution in [-0.4, -0.2) is 24.9 Å². The largest absolute Gasteiger partial charge is 0.465 e. The molecular formula is C19H19N3O4S. The second kappa shape index (κ2) is 8.47. The lowest BCUT2D eigenvalue weighted by molar-refractivity contribution is -0.117. The number of benzene rings is 1. The smallest absolute Gasteiger partial charge is 0.341 e. The first kappa shape index (κ1) is 20.1. The van der Waals surface area contributed by atoms with Gasteiger partial charge in [-0.15, -0.1) is 11.3 Å². The molecule has 3 N–H and O–H groups in total. The Morgan fingerprint density at radius 2 is 1.93 bits per heavy atom. The number of carbonyl (C=O) groups is 3. The Labute approximate surface area is 160 Å². The second-order valence-electron chi connectivity index (χ2n) is 5.80. The van der Waals surface area contributed by atoms with Gasteiger partial charge in [-0.1, -0.05) is 19.1 Å². The van der Waals surface area contributed by atoms with Gasteiger partial charge in [0.2, 0.25) is 5.91 Å². The van der Waals surface area contributed by atoms with Crippen molar-refractivity contribution in [1.29, 1.82) is 5.26 Å². The highest BCUT2D eigenvalue weighted by molar-refractivity contribution is 7.18. The van der Waals surface area contributed by atoms with Crippen molar-refractivity contribution in [3.8, 4) is 6.07 Å². The van der Waals surface area contributed by atoms with Gasteiger partial charge in [0.15, 0.2) is 0 Å². The molecule has 8 heteroatoms. The number of nitrogens with one attached hydrogen (secondary N) is 1. The Balaban J connectivity index is 2.37. The van der Waals surface area contributed by atoms with Crippen LogP contribution >= 0.6 is 11.3 Å². The molecule has 1 atom stereocenters. The third-order valence-corrected chi connectivity index (χ3v) is 5.39. The fourth-order valence-corrected chi connectivity index (χ4v) is 3.80. The van der Waals surface area contributed by atoms with Crippen LogP contribution in [0.3, 0.4) is 0 Å². The van der Waals surface area contributed by atoms with Crippen LogP contribution in [0.15, 0.2) is 24.3 Å². The molecule has 1 aromatic carbocycles. The number of ether oxygens (including phenoxy) is 1. The summed E-state index contributed by atoms with van der Waals surface area (Å²) in [6.45, 7) is 3.44. The Hall–Kier alpha value is -3.18. The van der Waals surface area contributed by atoms with Gasteiger partial charge in [-0.05, 0) is 36.6 Å². The van der Waals surface area contributed by atoms with Gasteiger partial charge in [0.05, 0.1) is 35.1 Å². The van der Waals surface area contributed by atoms with Gasteiger partial charge in [-0.25, -0.2) is 4.79 Å². The second-order valence-corrected chi connectivity index (χ2v) is 6.82.